The van der Waals surface area contributed by atoms with Crippen LogP contribution < -0.4 is 10.6 Å². The molecule has 5 heteroatoms. The fourth-order valence-corrected chi connectivity index (χ4v) is 3.50. The number of piperidine rings is 1. The van der Waals surface area contributed by atoms with E-state index in [1.807, 2.05) is 24.3 Å². The van der Waals surface area contributed by atoms with Gasteiger partial charge in [0.25, 0.3) is 5.91 Å². The predicted octanol–water partition coefficient (Wildman–Crippen LogP) is 1.64. The highest BCUT2D eigenvalue weighted by atomic mass is 16.1. The van der Waals surface area contributed by atoms with E-state index in [1.165, 1.54) is 12.8 Å². The Morgan fingerprint density at radius 3 is 2.62 bits per heavy atom. The zero-order chi connectivity index (χ0) is 14.2. The quantitative estimate of drug-likeness (QED) is 0.879. The number of carbonyl (C=O) groups excluding carboxylic acids is 1. The first-order valence-electron chi connectivity index (χ1n) is 7.56. The topological polar surface area (TPSA) is 66.9 Å². The van der Waals surface area contributed by atoms with Crippen molar-refractivity contribution in [3.8, 4) is 0 Å². The highest BCUT2D eigenvalue weighted by molar-refractivity contribution is 5.93. The second kappa shape index (κ2) is 5.07. The van der Waals surface area contributed by atoms with Crippen LogP contribution in [0.15, 0.2) is 30.5 Å². The zero-order valence-corrected chi connectivity index (χ0v) is 11.7. The molecule has 1 aromatic heterocycles. The Labute approximate surface area is 123 Å². The number of nitrogens with zero attached hydrogens (tertiary/aromatic N) is 2. The number of para-hydroxylation sites is 2. The van der Waals surface area contributed by atoms with Gasteiger partial charge in [-0.05, 0) is 37.8 Å². The Bertz CT molecular complexity index is 675. The van der Waals surface area contributed by atoms with Gasteiger partial charge in [-0.1, -0.05) is 12.1 Å². The summed E-state index contributed by atoms with van der Waals surface area (Å²) in [7, 11) is 0. The number of rotatable bonds is 2. The van der Waals surface area contributed by atoms with Gasteiger partial charge in [0, 0.05) is 18.1 Å². The Hall–Kier alpha value is -2.01. The minimum atomic E-state index is -0.112. The van der Waals surface area contributed by atoms with Crippen molar-refractivity contribution in [3.63, 3.8) is 0 Å². The lowest BCUT2D eigenvalue weighted by Crippen LogP contribution is -2.48. The van der Waals surface area contributed by atoms with Crippen molar-refractivity contribution in [1.82, 2.24) is 20.6 Å². The van der Waals surface area contributed by atoms with Gasteiger partial charge in [0.2, 0.25) is 0 Å². The third kappa shape index (κ3) is 2.49. The van der Waals surface area contributed by atoms with Gasteiger partial charge in [-0.2, -0.15) is 0 Å². The fraction of sp³-hybridized carbons (Fsp3) is 0.438. The van der Waals surface area contributed by atoms with E-state index in [1.54, 1.807) is 6.20 Å². The smallest absolute Gasteiger partial charge is 0.271 e. The van der Waals surface area contributed by atoms with Crippen molar-refractivity contribution in [1.29, 1.82) is 0 Å². The van der Waals surface area contributed by atoms with Crippen molar-refractivity contribution in [2.24, 2.45) is 0 Å². The molecule has 0 saturated carbocycles. The van der Waals surface area contributed by atoms with E-state index in [0.29, 0.717) is 17.8 Å². The van der Waals surface area contributed by atoms with Gasteiger partial charge in [-0.15, -0.1) is 0 Å². The molecular weight excluding hydrogens is 264 g/mol. The number of benzene rings is 1. The van der Waals surface area contributed by atoms with E-state index in [-0.39, 0.29) is 11.9 Å². The van der Waals surface area contributed by atoms with E-state index in [9.17, 15) is 4.79 Å². The van der Waals surface area contributed by atoms with Crippen LogP contribution in [0.4, 0.5) is 0 Å². The molecule has 0 spiro atoms. The average molecular weight is 282 g/mol. The van der Waals surface area contributed by atoms with Gasteiger partial charge in [-0.3, -0.25) is 9.78 Å². The van der Waals surface area contributed by atoms with E-state index in [0.717, 1.165) is 23.9 Å². The lowest BCUT2D eigenvalue weighted by Gasteiger charge is -2.29. The van der Waals surface area contributed by atoms with Crippen molar-refractivity contribution in [2.75, 3.05) is 0 Å². The largest absolute Gasteiger partial charge is 0.348 e. The van der Waals surface area contributed by atoms with Crippen LogP contribution in [0, 0.1) is 0 Å². The maximum atomic E-state index is 12.4. The summed E-state index contributed by atoms with van der Waals surface area (Å²) in [6.07, 6.45) is 6.06. The summed E-state index contributed by atoms with van der Waals surface area (Å²) in [6, 6.07) is 8.99. The summed E-state index contributed by atoms with van der Waals surface area (Å²) < 4.78 is 0. The molecule has 2 bridgehead atoms. The van der Waals surface area contributed by atoms with Gasteiger partial charge >= 0.3 is 0 Å². The fourth-order valence-electron chi connectivity index (χ4n) is 3.50. The average Bonchev–Trinajstić information content (AvgIpc) is 2.85. The molecule has 2 atom stereocenters. The second-order valence-corrected chi connectivity index (χ2v) is 6.02. The number of fused-ring (bicyclic) bond motifs is 3. The molecule has 1 aromatic carbocycles. The van der Waals surface area contributed by atoms with E-state index in [2.05, 4.69) is 20.6 Å². The molecule has 0 aliphatic carbocycles. The molecule has 2 aliphatic heterocycles. The predicted molar refractivity (Wildman–Crippen MR) is 80.0 cm³/mol. The van der Waals surface area contributed by atoms with Crippen LogP contribution in [0.1, 0.15) is 36.2 Å². The number of amides is 1. The van der Waals surface area contributed by atoms with Crippen LogP contribution in [0.25, 0.3) is 11.0 Å². The molecule has 5 nitrogen and oxygen atoms in total. The lowest BCUT2D eigenvalue weighted by atomic mass is 10.00. The summed E-state index contributed by atoms with van der Waals surface area (Å²) in [5.74, 6) is -0.112. The maximum absolute atomic E-state index is 12.4. The normalized spacial score (nSPS) is 27.7. The van der Waals surface area contributed by atoms with Crippen LogP contribution in [0.5, 0.6) is 0 Å². The third-order valence-electron chi connectivity index (χ3n) is 4.49. The Kier molecular flexibility index (Phi) is 3.07. The van der Waals surface area contributed by atoms with Gasteiger partial charge < -0.3 is 10.6 Å². The summed E-state index contributed by atoms with van der Waals surface area (Å²) in [6.45, 7) is 0. The maximum Gasteiger partial charge on any atom is 0.271 e. The zero-order valence-electron chi connectivity index (χ0n) is 11.7. The Morgan fingerprint density at radius 2 is 1.86 bits per heavy atom. The molecule has 0 radical (unpaired) electrons. The van der Waals surface area contributed by atoms with Crippen molar-refractivity contribution in [2.45, 2.75) is 43.8 Å². The first-order chi connectivity index (χ1) is 10.3. The van der Waals surface area contributed by atoms with Crippen molar-refractivity contribution >= 4 is 16.9 Å². The van der Waals surface area contributed by atoms with Crippen LogP contribution in [0.2, 0.25) is 0 Å². The second-order valence-electron chi connectivity index (χ2n) is 6.02. The molecule has 2 aliphatic rings. The van der Waals surface area contributed by atoms with Crippen LogP contribution in [-0.4, -0.2) is 34.0 Å². The van der Waals surface area contributed by atoms with E-state index < -0.39 is 0 Å². The summed E-state index contributed by atoms with van der Waals surface area (Å²) in [5, 5.41) is 6.70. The number of carbonyl (C=O) groups is 1. The van der Waals surface area contributed by atoms with E-state index >= 15 is 0 Å². The van der Waals surface area contributed by atoms with Crippen LogP contribution in [-0.2, 0) is 0 Å². The van der Waals surface area contributed by atoms with Gasteiger partial charge in [-0.25, -0.2) is 4.98 Å². The van der Waals surface area contributed by atoms with Crippen LogP contribution >= 0.6 is 0 Å². The highest BCUT2D eigenvalue weighted by Gasteiger charge is 2.34. The molecule has 2 aromatic rings. The molecule has 2 saturated heterocycles. The Balaban J connectivity index is 1.50. The summed E-state index contributed by atoms with van der Waals surface area (Å²) in [4.78, 5) is 21.1. The van der Waals surface area contributed by atoms with Gasteiger partial charge in [0.05, 0.1) is 17.2 Å². The van der Waals surface area contributed by atoms with Crippen molar-refractivity contribution < 1.29 is 4.79 Å². The number of hydrogen-bond donors (Lipinski definition) is 2. The molecule has 21 heavy (non-hydrogen) atoms. The molecule has 4 rings (SSSR count). The van der Waals surface area contributed by atoms with Crippen LogP contribution in [0.3, 0.4) is 0 Å². The molecule has 108 valence electrons. The van der Waals surface area contributed by atoms with Gasteiger partial charge in [0.15, 0.2) is 0 Å². The first-order valence-corrected chi connectivity index (χ1v) is 7.56. The minimum absolute atomic E-state index is 0.112. The third-order valence-corrected chi connectivity index (χ3v) is 4.49. The van der Waals surface area contributed by atoms with Gasteiger partial charge in [0.1, 0.15) is 5.69 Å². The standard InChI is InChI=1S/C16H18N4O/c21-16(19-12-7-10-5-6-11(8-12)18-10)15-9-17-13-3-1-2-4-14(13)20-15/h1-4,9-12,18H,5-8H2,(H,19,21). The minimum Gasteiger partial charge on any atom is -0.348 e. The molecule has 1 amide bonds. The summed E-state index contributed by atoms with van der Waals surface area (Å²) in [5.41, 5.74) is 1.98. The number of nitrogens with one attached hydrogen (secondary N) is 2. The molecule has 3 heterocycles. The lowest BCUT2D eigenvalue weighted by molar-refractivity contribution is 0.0919. The number of aromatic nitrogens is 2. The Morgan fingerprint density at radius 1 is 1.14 bits per heavy atom. The number of hydrogen-bond acceptors (Lipinski definition) is 4. The van der Waals surface area contributed by atoms with Crippen molar-refractivity contribution in [3.05, 3.63) is 36.2 Å². The summed E-state index contributed by atoms with van der Waals surface area (Å²) >= 11 is 0. The highest BCUT2D eigenvalue weighted by Crippen LogP contribution is 2.26. The van der Waals surface area contributed by atoms with E-state index in [4.69, 9.17) is 0 Å². The molecule has 2 fully saturated rings. The molecule has 2 N–H and O–H groups in total. The molecular formula is C16H18N4O. The monoisotopic (exact) mass is 282 g/mol. The molecule has 2 unspecified atom stereocenters. The SMILES string of the molecule is O=C(NC1CC2CCC(C1)N2)c1cnc2ccccc2n1. The first kappa shape index (κ1) is 12.7.